The summed E-state index contributed by atoms with van der Waals surface area (Å²) in [6.07, 6.45) is 1.28. The molecule has 1 aromatic rings. The van der Waals surface area contributed by atoms with Crippen LogP contribution in [0.1, 0.15) is 23.6 Å². The molecule has 0 spiro atoms. The van der Waals surface area contributed by atoms with E-state index in [1.54, 1.807) is 0 Å². The van der Waals surface area contributed by atoms with Gasteiger partial charge < -0.3 is 15.5 Å². The summed E-state index contributed by atoms with van der Waals surface area (Å²) in [6, 6.07) is 8.09. The van der Waals surface area contributed by atoms with E-state index in [1.165, 1.54) is 0 Å². The number of carboxylic acid groups (broad SMARTS) is 1. The fourth-order valence-corrected chi connectivity index (χ4v) is 2.27. The highest BCUT2D eigenvalue weighted by molar-refractivity contribution is 5.70. The van der Waals surface area contributed by atoms with Gasteiger partial charge in [0.05, 0.1) is 5.92 Å². The number of benzene rings is 1. The van der Waals surface area contributed by atoms with Crippen LogP contribution in [0, 0.1) is 5.92 Å². The van der Waals surface area contributed by atoms with Gasteiger partial charge in [-0.1, -0.05) is 24.3 Å². The van der Waals surface area contributed by atoms with Gasteiger partial charge in [-0.05, 0) is 24.0 Å². The molecule has 4 heteroatoms. The highest BCUT2D eigenvalue weighted by Gasteiger charge is 2.29. The van der Waals surface area contributed by atoms with E-state index in [1.807, 2.05) is 24.3 Å². The standard InChI is InChI=1S/C13H17NO3/c15-5-4-9-2-1-3-10(6-9)12-7-11(8-14-12)13(16)17/h1-3,6,11-12,14-15H,4-5,7-8H2,(H,16,17). The smallest absolute Gasteiger partial charge is 0.307 e. The summed E-state index contributed by atoms with van der Waals surface area (Å²) in [7, 11) is 0. The Bertz CT molecular complexity index is 405. The first-order valence-corrected chi connectivity index (χ1v) is 5.86. The summed E-state index contributed by atoms with van der Waals surface area (Å²) in [5.74, 6) is -1.02. The number of nitrogens with one attached hydrogen (secondary N) is 1. The van der Waals surface area contributed by atoms with Gasteiger partial charge in [-0.25, -0.2) is 0 Å². The molecule has 92 valence electrons. The maximum absolute atomic E-state index is 10.9. The van der Waals surface area contributed by atoms with E-state index in [0.717, 1.165) is 11.1 Å². The Hall–Kier alpha value is -1.39. The second-order valence-corrected chi connectivity index (χ2v) is 4.45. The third-order valence-electron chi connectivity index (χ3n) is 3.23. The van der Waals surface area contributed by atoms with Gasteiger partial charge in [0.2, 0.25) is 0 Å². The molecule has 0 aliphatic carbocycles. The quantitative estimate of drug-likeness (QED) is 0.727. The number of aliphatic carboxylic acids is 1. The van der Waals surface area contributed by atoms with E-state index >= 15 is 0 Å². The minimum Gasteiger partial charge on any atom is -0.481 e. The number of carbonyl (C=O) groups is 1. The highest BCUT2D eigenvalue weighted by atomic mass is 16.4. The van der Waals surface area contributed by atoms with Gasteiger partial charge in [0, 0.05) is 19.2 Å². The van der Waals surface area contributed by atoms with Crippen molar-refractivity contribution in [3.8, 4) is 0 Å². The van der Waals surface area contributed by atoms with Gasteiger partial charge in [0.25, 0.3) is 0 Å². The average Bonchev–Trinajstić information content (AvgIpc) is 2.79. The van der Waals surface area contributed by atoms with Gasteiger partial charge in [0.1, 0.15) is 0 Å². The minimum atomic E-state index is -0.730. The van der Waals surface area contributed by atoms with Crippen molar-refractivity contribution in [2.75, 3.05) is 13.2 Å². The Morgan fingerprint density at radius 1 is 1.47 bits per heavy atom. The molecule has 0 bridgehead atoms. The second kappa shape index (κ2) is 5.29. The van der Waals surface area contributed by atoms with Gasteiger partial charge in [0.15, 0.2) is 0 Å². The lowest BCUT2D eigenvalue weighted by atomic mass is 9.98. The molecule has 1 aliphatic rings. The Morgan fingerprint density at radius 3 is 2.94 bits per heavy atom. The van der Waals surface area contributed by atoms with Crippen LogP contribution >= 0.6 is 0 Å². The summed E-state index contributed by atoms with van der Waals surface area (Å²) in [4.78, 5) is 10.9. The molecule has 3 N–H and O–H groups in total. The molecular formula is C13H17NO3. The van der Waals surface area contributed by atoms with E-state index in [9.17, 15) is 4.79 Å². The van der Waals surface area contributed by atoms with Crippen molar-refractivity contribution in [2.45, 2.75) is 18.9 Å². The Balaban J connectivity index is 2.08. The van der Waals surface area contributed by atoms with Gasteiger partial charge in [-0.2, -0.15) is 0 Å². The Morgan fingerprint density at radius 2 is 2.29 bits per heavy atom. The van der Waals surface area contributed by atoms with Crippen molar-refractivity contribution < 1.29 is 15.0 Å². The fourth-order valence-electron chi connectivity index (χ4n) is 2.27. The fraction of sp³-hybridized carbons (Fsp3) is 0.462. The van der Waals surface area contributed by atoms with Crippen molar-refractivity contribution in [1.82, 2.24) is 5.32 Å². The Kier molecular flexibility index (Phi) is 3.76. The number of rotatable bonds is 4. The summed E-state index contributed by atoms with van der Waals surface area (Å²) < 4.78 is 0. The zero-order chi connectivity index (χ0) is 12.3. The number of carboxylic acids is 1. The number of hydrogen-bond acceptors (Lipinski definition) is 3. The molecule has 0 radical (unpaired) electrons. The zero-order valence-electron chi connectivity index (χ0n) is 9.60. The van der Waals surface area contributed by atoms with Crippen molar-refractivity contribution in [2.24, 2.45) is 5.92 Å². The molecule has 2 atom stereocenters. The van der Waals surface area contributed by atoms with E-state index in [4.69, 9.17) is 10.2 Å². The van der Waals surface area contributed by atoms with Crippen molar-refractivity contribution >= 4 is 5.97 Å². The van der Waals surface area contributed by atoms with Crippen LogP contribution in [0.2, 0.25) is 0 Å². The lowest BCUT2D eigenvalue weighted by Gasteiger charge is -2.11. The number of aliphatic hydroxyl groups excluding tert-OH is 1. The SMILES string of the molecule is O=C(O)C1CNC(c2cccc(CCO)c2)C1. The molecule has 1 aromatic carbocycles. The van der Waals surface area contributed by atoms with E-state index < -0.39 is 5.97 Å². The molecule has 0 saturated carbocycles. The van der Waals surface area contributed by atoms with E-state index in [0.29, 0.717) is 19.4 Å². The topological polar surface area (TPSA) is 69.6 Å². The summed E-state index contributed by atoms with van der Waals surface area (Å²) in [6.45, 7) is 0.670. The van der Waals surface area contributed by atoms with Crippen molar-refractivity contribution in [3.05, 3.63) is 35.4 Å². The first kappa shape index (κ1) is 12.1. The Labute approximate surface area is 100 Å². The largest absolute Gasteiger partial charge is 0.481 e. The van der Waals surface area contributed by atoms with E-state index in [-0.39, 0.29) is 18.6 Å². The molecule has 0 amide bonds. The zero-order valence-corrected chi connectivity index (χ0v) is 9.60. The summed E-state index contributed by atoms with van der Waals surface area (Å²) in [5, 5.41) is 21.1. The number of aliphatic hydroxyl groups is 1. The van der Waals surface area contributed by atoms with Gasteiger partial charge in [-0.15, -0.1) is 0 Å². The van der Waals surface area contributed by atoms with Crippen LogP contribution in [0.5, 0.6) is 0 Å². The number of hydrogen-bond donors (Lipinski definition) is 3. The molecule has 1 aliphatic heterocycles. The molecule has 2 rings (SSSR count). The lowest BCUT2D eigenvalue weighted by Crippen LogP contribution is -2.17. The summed E-state index contributed by atoms with van der Waals surface area (Å²) in [5.41, 5.74) is 2.20. The minimum absolute atomic E-state index is 0.120. The average molecular weight is 235 g/mol. The first-order chi connectivity index (χ1) is 8.20. The second-order valence-electron chi connectivity index (χ2n) is 4.45. The normalized spacial score (nSPS) is 23.8. The monoisotopic (exact) mass is 235 g/mol. The van der Waals surface area contributed by atoms with Crippen LogP contribution in [0.3, 0.4) is 0 Å². The first-order valence-electron chi connectivity index (χ1n) is 5.86. The van der Waals surface area contributed by atoms with Gasteiger partial charge in [-0.3, -0.25) is 4.79 Å². The molecule has 17 heavy (non-hydrogen) atoms. The van der Waals surface area contributed by atoms with Crippen LogP contribution in [0.4, 0.5) is 0 Å². The maximum Gasteiger partial charge on any atom is 0.307 e. The molecule has 1 heterocycles. The van der Waals surface area contributed by atoms with Crippen LogP contribution in [-0.2, 0) is 11.2 Å². The third-order valence-corrected chi connectivity index (χ3v) is 3.23. The molecule has 1 saturated heterocycles. The lowest BCUT2D eigenvalue weighted by molar-refractivity contribution is -0.141. The van der Waals surface area contributed by atoms with Crippen LogP contribution in [0.15, 0.2) is 24.3 Å². The molecule has 2 unspecified atom stereocenters. The van der Waals surface area contributed by atoms with Crippen molar-refractivity contribution in [3.63, 3.8) is 0 Å². The van der Waals surface area contributed by atoms with Crippen LogP contribution in [0.25, 0.3) is 0 Å². The molecule has 0 aromatic heterocycles. The third kappa shape index (κ3) is 2.84. The van der Waals surface area contributed by atoms with Gasteiger partial charge >= 0.3 is 5.97 Å². The maximum atomic E-state index is 10.9. The highest BCUT2D eigenvalue weighted by Crippen LogP contribution is 2.27. The van der Waals surface area contributed by atoms with E-state index in [2.05, 4.69) is 5.32 Å². The predicted molar refractivity (Wildman–Crippen MR) is 63.7 cm³/mol. The van der Waals surface area contributed by atoms with Crippen LogP contribution < -0.4 is 5.32 Å². The predicted octanol–water partition coefficient (Wildman–Crippen LogP) is 0.957. The van der Waals surface area contributed by atoms with Crippen molar-refractivity contribution in [1.29, 1.82) is 0 Å². The molecule has 4 nitrogen and oxygen atoms in total. The molecular weight excluding hydrogens is 218 g/mol. The van der Waals surface area contributed by atoms with Crippen LogP contribution in [-0.4, -0.2) is 29.3 Å². The summed E-state index contributed by atoms with van der Waals surface area (Å²) >= 11 is 0. The molecule has 1 fully saturated rings.